The second-order valence-corrected chi connectivity index (χ2v) is 11.2. The number of hydrogen-bond donors (Lipinski definition) is 4. The first-order valence-electron chi connectivity index (χ1n) is 13.4. The molecule has 4 rings (SSSR count). The number of carbonyl (C=O) groups excluding carboxylic acids is 4. The zero-order valence-corrected chi connectivity index (χ0v) is 25.2. The average molecular weight is 615 g/mol. The number of carbonyl (C=O) groups is 4. The van der Waals surface area contributed by atoms with Crippen LogP contribution in [0.15, 0.2) is 93.8 Å². The zero-order chi connectivity index (χ0) is 30.6. The number of nitrogens with one attached hydrogen (secondary N) is 4. The molecule has 0 aliphatic rings. The molecule has 2 aromatic carbocycles. The first-order chi connectivity index (χ1) is 20.8. The van der Waals surface area contributed by atoms with Gasteiger partial charge in [0.25, 0.3) is 11.8 Å². The number of rotatable bonds is 12. The maximum atomic E-state index is 12.2. The van der Waals surface area contributed by atoms with Gasteiger partial charge in [-0.25, -0.2) is 10.9 Å². The number of nitrogens with zero attached hydrogens (tertiary/aromatic N) is 2. The van der Waals surface area contributed by atoms with Crippen molar-refractivity contribution in [1.29, 1.82) is 0 Å². The molecule has 12 heteroatoms. The van der Waals surface area contributed by atoms with Gasteiger partial charge in [-0.2, -0.15) is 10.2 Å². The number of anilines is 2. The fourth-order valence-electron chi connectivity index (χ4n) is 3.73. The monoisotopic (exact) mass is 614 g/mol. The molecule has 4 amide bonds. The highest BCUT2D eigenvalue weighted by Gasteiger charge is 2.09. The molecule has 2 heterocycles. The summed E-state index contributed by atoms with van der Waals surface area (Å²) in [5, 5.41) is 17.6. The minimum Gasteiger partial charge on any atom is -0.321 e. The zero-order valence-electron chi connectivity index (χ0n) is 23.5. The predicted molar refractivity (Wildman–Crippen MR) is 172 cm³/mol. The summed E-state index contributed by atoms with van der Waals surface area (Å²) < 4.78 is 0. The molecule has 0 fully saturated rings. The molecule has 4 N–H and O–H groups in total. The highest BCUT2D eigenvalue weighted by molar-refractivity contribution is 7.12. The third kappa shape index (κ3) is 9.55. The maximum Gasteiger partial charge on any atom is 0.265 e. The van der Waals surface area contributed by atoms with Crippen molar-refractivity contribution in [2.24, 2.45) is 10.2 Å². The van der Waals surface area contributed by atoms with Gasteiger partial charge in [-0.15, -0.1) is 22.7 Å². The number of thiophene rings is 2. The van der Waals surface area contributed by atoms with Gasteiger partial charge in [0.1, 0.15) is 0 Å². The van der Waals surface area contributed by atoms with Crippen molar-refractivity contribution in [3.63, 3.8) is 0 Å². The highest BCUT2D eigenvalue weighted by atomic mass is 32.1. The lowest BCUT2D eigenvalue weighted by molar-refractivity contribution is -0.122. The Kier molecular flexibility index (Phi) is 11.1. The fourth-order valence-corrected chi connectivity index (χ4v) is 4.97. The molecule has 43 heavy (non-hydrogen) atoms. The quantitative estimate of drug-likeness (QED) is 0.117. The molecule has 0 aliphatic heterocycles. The Labute approximate surface area is 256 Å². The lowest BCUT2D eigenvalue weighted by atomic mass is 10.1. The molecule has 2 aromatic heterocycles. The Bertz CT molecular complexity index is 1490. The summed E-state index contributed by atoms with van der Waals surface area (Å²) in [6.07, 6.45) is 0.580. The van der Waals surface area contributed by atoms with Crippen LogP contribution in [-0.2, 0) is 9.59 Å². The van der Waals surface area contributed by atoms with Crippen LogP contribution in [0.4, 0.5) is 11.4 Å². The largest absolute Gasteiger partial charge is 0.321 e. The topological polar surface area (TPSA) is 141 Å². The molecular weight excluding hydrogens is 585 g/mol. The van der Waals surface area contributed by atoms with Gasteiger partial charge in [0.05, 0.1) is 21.2 Å². The van der Waals surface area contributed by atoms with Crippen molar-refractivity contribution >= 4 is 69.1 Å². The predicted octanol–water partition coefficient (Wildman–Crippen LogP) is 5.87. The number of hydrazone groups is 2. The molecule has 4 aromatic rings. The van der Waals surface area contributed by atoms with Crippen LogP contribution in [0.2, 0.25) is 0 Å². The summed E-state index contributed by atoms with van der Waals surface area (Å²) in [6.45, 7) is 3.53. The van der Waals surface area contributed by atoms with Crippen LogP contribution in [0.25, 0.3) is 0 Å². The molecule has 0 saturated heterocycles. The standard InChI is InChI=1S/C31H30N6O4S2/c1-20(22-10-14-24(15-11-22)32-30(40)26-6-4-18-42-26)34-36-28(38)8-3-9-29(39)37-35-21(2)23-12-16-25(17-13-23)33-31(41)27-7-5-19-43-27/h4-7,10-19H,3,8-9H2,1-2H3,(H,32,40)(H,33,41)(H,36,38)(H,37,39)/b34-20+,35-21+. The van der Waals surface area contributed by atoms with E-state index in [0.29, 0.717) is 39.0 Å². The SMILES string of the molecule is C/C(=N\NC(=O)CCCC(=O)N/N=C(\C)c1ccc(NC(=O)c2cccs2)cc1)c1ccc(NC(=O)c2cccs2)cc1. The molecule has 0 spiro atoms. The van der Waals surface area contributed by atoms with E-state index in [1.807, 2.05) is 22.9 Å². The van der Waals surface area contributed by atoms with Crippen molar-refractivity contribution in [1.82, 2.24) is 10.9 Å². The van der Waals surface area contributed by atoms with Crippen LogP contribution in [-0.4, -0.2) is 35.1 Å². The maximum absolute atomic E-state index is 12.2. The lowest BCUT2D eigenvalue weighted by Crippen LogP contribution is -2.22. The van der Waals surface area contributed by atoms with Crippen molar-refractivity contribution in [2.45, 2.75) is 33.1 Å². The van der Waals surface area contributed by atoms with E-state index in [9.17, 15) is 19.2 Å². The Morgan fingerprint density at radius 2 is 1.00 bits per heavy atom. The van der Waals surface area contributed by atoms with E-state index >= 15 is 0 Å². The fraction of sp³-hybridized carbons (Fsp3) is 0.161. The van der Waals surface area contributed by atoms with E-state index in [1.54, 1.807) is 74.5 Å². The van der Waals surface area contributed by atoms with E-state index in [4.69, 9.17) is 0 Å². The first-order valence-corrected chi connectivity index (χ1v) is 15.1. The second-order valence-electron chi connectivity index (χ2n) is 9.34. The minimum absolute atomic E-state index is 0.124. The van der Waals surface area contributed by atoms with Crippen LogP contribution < -0.4 is 21.5 Å². The molecular formula is C31H30N6O4S2. The third-order valence-corrected chi connectivity index (χ3v) is 7.85. The van der Waals surface area contributed by atoms with Gasteiger partial charge in [0.15, 0.2) is 0 Å². The molecule has 0 bridgehead atoms. The smallest absolute Gasteiger partial charge is 0.265 e. The molecule has 10 nitrogen and oxygen atoms in total. The lowest BCUT2D eigenvalue weighted by Gasteiger charge is -2.07. The molecule has 0 aliphatic carbocycles. The number of benzene rings is 2. The molecule has 220 valence electrons. The summed E-state index contributed by atoms with van der Waals surface area (Å²) in [5.74, 6) is -0.950. The van der Waals surface area contributed by atoms with E-state index in [2.05, 4.69) is 31.7 Å². The summed E-state index contributed by atoms with van der Waals surface area (Å²) in [4.78, 5) is 50.0. The molecule has 0 saturated carbocycles. The minimum atomic E-state index is -0.307. The third-order valence-electron chi connectivity index (χ3n) is 6.12. The Hall–Kier alpha value is -4.94. The van der Waals surface area contributed by atoms with E-state index < -0.39 is 0 Å². The Morgan fingerprint density at radius 1 is 0.605 bits per heavy atom. The van der Waals surface area contributed by atoms with Crippen LogP contribution in [0, 0.1) is 0 Å². The van der Waals surface area contributed by atoms with Crippen molar-refractivity contribution < 1.29 is 19.2 Å². The van der Waals surface area contributed by atoms with E-state index in [-0.39, 0.29) is 36.5 Å². The molecule has 0 atom stereocenters. The van der Waals surface area contributed by atoms with Gasteiger partial charge in [-0.1, -0.05) is 36.4 Å². The van der Waals surface area contributed by atoms with Crippen molar-refractivity contribution in [3.05, 3.63) is 104 Å². The van der Waals surface area contributed by atoms with Crippen LogP contribution in [0.3, 0.4) is 0 Å². The van der Waals surface area contributed by atoms with Crippen LogP contribution in [0.1, 0.15) is 63.6 Å². The van der Waals surface area contributed by atoms with Crippen molar-refractivity contribution in [2.75, 3.05) is 10.6 Å². The van der Waals surface area contributed by atoms with Crippen LogP contribution in [0.5, 0.6) is 0 Å². The number of hydrogen-bond acceptors (Lipinski definition) is 8. The second kappa shape index (κ2) is 15.3. The van der Waals surface area contributed by atoms with Gasteiger partial charge in [-0.3, -0.25) is 19.2 Å². The molecule has 0 unspecified atom stereocenters. The van der Waals surface area contributed by atoms with Gasteiger partial charge in [0.2, 0.25) is 11.8 Å². The van der Waals surface area contributed by atoms with Crippen molar-refractivity contribution in [3.8, 4) is 0 Å². The van der Waals surface area contributed by atoms with Gasteiger partial charge >= 0.3 is 0 Å². The summed E-state index contributed by atoms with van der Waals surface area (Å²) >= 11 is 2.74. The summed E-state index contributed by atoms with van der Waals surface area (Å²) in [7, 11) is 0. The first kappa shape index (κ1) is 31.0. The van der Waals surface area contributed by atoms with Crippen LogP contribution >= 0.6 is 22.7 Å². The molecule has 0 radical (unpaired) electrons. The van der Waals surface area contributed by atoms with Gasteiger partial charge in [-0.05, 0) is 78.6 Å². The van der Waals surface area contributed by atoms with E-state index in [0.717, 1.165) is 11.1 Å². The summed E-state index contributed by atoms with van der Waals surface area (Å²) in [5.41, 5.74) is 9.12. The normalized spacial score (nSPS) is 11.5. The Balaban J connectivity index is 1.15. The average Bonchev–Trinajstić information content (AvgIpc) is 3.75. The van der Waals surface area contributed by atoms with E-state index in [1.165, 1.54) is 22.7 Å². The Morgan fingerprint density at radius 3 is 1.35 bits per heavy atom. The van der Waals surface area contributed by atoms with Gasteiger partial charge in [0, 0.05) is 24.2 Å². The highest BCUT2D eigenvalue weighted by Crippen LogP contribution is 2.16. The number of amides is 4. The summed E-state index contributed by atoms with van der Waals surface area (Å²) in [6, 6.07) is 21.5. The van der Waals surface area contributed by atoms with Gasteiger partial charge < -0.3 is 10.6 Å².